The maximum atomic E-state index is 12.4. The van der Waals surface area contributed by atoms with Gasteiger partial charge in [0.1, 0.15) is 10.9 Å². The molecule has 0 spiro atoms. The summed E-state index contributed by atoms with van der Waals surface area (Å²) in [7, 11) is -3.14. The zero-order valence-corrected chi connectivity index (χ0v) is 79.4. The third-order valence-electron chi connectivity index (χ3n) is 20.6. The molecule has 0 bridgehead atoms. The Bertz CT molecular complexity index is 6310. The molecule has 0 atom stereocenters. The van der Waals surface area contributed by atoms with Gasteiger partial charge in [-0.2, -0.15) is 29.8 Å². The molecule has 0 saturated carbocycles. The standard InChI is InChI=1S/C20H12F3N5O.4C18H15P.C12H6ClN5.C8H11BO2.Pd/c1-12-9-15(29-20(21,22)23)5-6-16(12)17-7-8-18-25-26-19(28(18)27-17)14-4-2-3-13(10-14)11-24;4*1-4-10-16(11-5-1)19(17-12-6-2-7-13-17)18-14-8-3-9-15-18;13-10-4-5-11-15-16-12(18(11)17-10)9-3-1-2-8(6-9)7-14;1-6-3-4-8(9(10)11)7(2)5-6;/h2-10H,1H3;4*1-15H;1-6H;3-5,10-11H,1-2H3;. The zero-order chi connectivity index (χ0) is 93.2. The topological polar surface area (TPSA) is 183 Å². The Kier molecular flexibility index (Phi) is 36.5. The van der Waals surface area contributed by atoms with E-state index in [1.54, 1.807) is 84.2 Å². The average molecular weight is 1960 g/mol. The van der Waals surface area contributed by atoms with Gasteiger partial charge in [-0.25, -0.2) is 0 Å². The summed E-state index contributed by atoms with van der Waals surface area (Å²) in [5.41, 5.74) is 7.97. The van der Waals surface area contributed by atoms with Crippen molar-refractivity contribution in [1.29, 1.82) is 10.5 Å². The first-order chi connectivity index (χ1) is 65.5. The number of benzene rings is 16. The monoisotopic (exact) mass is 1950 g/mol. The quantitative estimate of drug-likeness (QED) is 0.0653. The molecule has 20 rings (SSSR count). The largest absolute Gasteiger partial charge is 0.573 e. The molecule has 0 radical (unpaired) electrons. The van der Waals surface area contributed by atoms with Gasteiger partial charge in [0.05, 0.1) is 29.0 Å². The van der Waals surface area contributed by atoms with Crippen molar-refractivity contribution in [3.63, 3.8) is 0 Å². The third kappa shape index (κ3) is 27.8. The molecule has 666 valence electrons. The fraction of sp³-hybridized carbons (Fsp3) is 0.0357. The third-order valence-corrected chi connectivity index (χ3v) is 30.6. The molecule has 16 aromatic carbocycles. The molecule has 0 unspecified atom stereocenters. The number of aryl methyl sites for hydroxylation is 3. The number of fused-ring (bicyclic) bond motifs is 2. The predicted octanol–water partition coefficient (Wildman–Crippen LogP) is 20.6. The fourth-order valence-corrected chi connectivity index (χ4v) is 23.8. The number of aromatic nitrogens is 8. The summed E-state index contributed by atoms with van der Waals surface area (Å²) < 4.78 is 44.3. The molecule has 4 aromatic heterocycles. The molecule has 20 aromatic rings. The summed E-state index contributed by atoms with van der Waals surface area (Å²) in [6.07, 6.45) is -4.75. The normalized spacial score (nSPS) is 10.6. The van der Waals surface area contributed by atoms with Crippen LogP contribution in [0.2, 0.25) is 5.15 Å². The van der Waals surface area contributed by atoms with Gasteiger partial charge in [0.25, 0.3) is 0 Å². The predicted molar refractivity (Wildman–Crippen MR) is 550 cm³/mol. The molecule has 0 amide bonds. The Balaban J connectivity index is 0.000000135. The first kappa shape index (κ1) is 98.4. The number of ether oxygens (including phenoxy) is 1. The molecule has 23 heteroatoms. The first-order valence-corrected chi connectivity index (χ1v) is 48.5. The molecular formula is C112H89BClF3N10O3P4Pd. The van der Waals surface area contributed by atoms with Crippen LogP contribution in [-0.4, -0.2) is 63.2 Å². The Morgan fingerprint density at radius 3 is 0.874 bits per heavy atom. The van der Waals surface area contributed by atoms with E-state index in [2.05, 4.69) is 411 Å². The van der Waals surface area contributed by atoms with Crippen LogP contribution in [0, 0.1) is 43.4 Å². The van der Waals surface area contributed by atoms with Crippen molar-refractivity contribution in [3.05, 3.63) is 506 Å². The van der Waals surface area contributed by atoms with Gasteiger partial charge in [0.2, 0.25) is 0 Å². The summed E-state index contributed by atoms with van der Waals surface area (Å²) in [4.78, 5) is 0. The molecule has 0 saturated heterocycles. The van der Waals surface area contributed by atoms with Crippen LogP contribution in [0.4, 0.5) is 13.2 Å². The number of alkyl halides is 3. The van der Waals surface area contributed by atoms with Crippen LogP contribution in [0.15, 0.2) is 473 Å². The van der Waals surface area contributed by atoms with Gasteiger partial charge >= 0.3 is 13.5 Å². The van der Waals surface area contributed by atoms with Gasteiger partial charge in [-0.05, 0) is 194 Å². The van der Waals surface area contributed by atoms with Crippen LogP contribution in [0.1, 0.15) is 27.8 Å². The van der Waals surface area contributed by atoms with Crippen LogP contribution < -0.4 is 73.9 Å². The summed E-state index contributed by atoms with van der Waals surface area (Å²) in [6.45, 7) is 5.51. The zero-order valence-electron chi connectivity index (χ0n) is 73.5. The summed E-state index contributed by atoms with van der Waals surface area (Å²) >= 11 is 5.85. The minimum atomic E-state index is -4.75. The second kappa shape index (κ2) is 50.1. The molecular weight excluding hydrogens is 1870 g/mol. The maximum Gasteiger partial charge on any atom is 0.573 e. The van der Waals surface area contributed by atoms with E-state index in [-0.39, 0.29) is 26.2 Å². The smallest absolute Gasteiger partial charge is 0.423 e. The number of nitrogens with zero attached hydrogens (tertiary/aromatic N) is 10. The summed E-state index contributed by atoms with van der Waals surface area (Å²) in [5, 5.41) is 77.8. The second-order valence-corrected chi connectivity index (χ2v) is 39.2. The summed E-state index contributed by atoms with van der Waals surface area (Å²) in [6, 6.07) is 164. The van der Waals surface area contributed by atoms with Crippen LogP contribution in [0.25, 0.3) is 45.3 Å². The van der Waals surface area contributed by atoms with E-state index >= 15 is 0 Å². The van der Waals surface area contributed by atoms with Crippen LogP contribution in [-0.2, 0) is 20.4 Å². The van der Waals surface area contributed by atoms with E-state index in [1.807, 2.05) is 32.0 Å². The number of hydrogen-bond donors (Lipinski definition) is 2. The first-order valence-electron chi connectivity index (χ1n) is 42.8. The Morgan fingerprint density at radius 1 is 0.319 bits per heavy atom. The van der Waals surface area contributed by atoms with Crippen molar-refractivity contribution >= 4 is 131 Å². The number of halogens is 4. The van der Waals surface area contributed by atoms with Gasteiger partial charge in [-0.1, -0.05) is 429 Å². The second-order valence-electron chi connectivity index (χ2n) is 30.0. The SMILES string of the molecule is Cc1cc(OC(F)(F)F)ccc1-c1ccc2nnc(-c3cccc(C#N)c3)n2n1.Cc1ccc(B(O)O)c(C)c1.N#Cc1cccc(-c2nnc3ccc(Cl)nn23)c1.[Pd].c1ccc(P(c2ccccc2)c2ccccc2)cc1.c1ccc(P(c2ccccc2)c2ccccc2)cc1.c1ccc(P(c2ccccc2)c2ccccc2)cc1.c1ccc(P(c2ccccc2)c2ccccc2)cc1. The average Bonchev–Trinajstić information content (AvgIpc) is 1.65. The molecule has 0 fully saturated rings. The van der Waals surface area contributed by atoms with Crippen LogP contribution in [0.3, 0.4) is 0 Å². The van der Waals surface area contributed by atoms with Crippen LogP contribution in [0.5, 0.6) is 5.75 Å². The number of hydrogen-bond acceptors (Lipinski definition) is 11. The molecule has 0 aliphatic rings. The van der Waals surface area contributed by atoms with E-state index < -0.39 is 45.2 Å². The van der Waals surface area contributed by atoms with Gasteiger partial charge in [-0.3, -0.25) is 0 Å². The van der Waals surface area contributed by atoms with Crippen molar-refractivity contribution in [2.75, 3.05) is 0 Å². The van der Waals surface area contributed by atoms with E-state index in [4.69, 9.17) is 32.2 Å². The van der Waals surface area contributed by atoms with Crippen molar-refractivity contribution in [3.8, 4) is 51.9 Å². The molecule has 0 aliphatic carbocycles. The number of rotatable bonds is 17. The fourth-order valence-electron chi connectivity index (χ4n) is 14.5. The molecule has 4 heterocycles. The number of nitriles is 2. The Labute approximate surface area is 808 Å². The van der Waals surface area contributed by atoms with Crippen molar-refractivity contribution in [2.45, 2.75) is 27.1 Å². The van der Waals surface area contributed by atoms with Gasteiger partial charge in [-0.15, -0.1) is 33.6 Å². The van der Waals surface area contributed by atoms with Crippen LogP contribution >= 0.6 is 43.3 Å². The maximum absolute atomic E-state index is 12.4. The van der Waals surface area contributed by atoms with Gasteiger partial charge < -0.3 is 14.8 Å². The molecule has 135 heavy (non-hydrogen) atoms. The van der Waals surface area contributed by atoms with Crippen molar-refractivity contribution in [2.24, 2.45) is 0 Å². The van der Waals surface area contributed by atoms with Crippen molar-refractivity contribution < 1.29 is 48.4 Å². The van der Waals surface area contributed by atoms with E-state index in [1.165, 1.54) is 86.4 Å². The molecule has 13 nitrogen and oxygen atoms in total. The summed E-state index contributed by atoms with van der Waals surface area (Å²) in [5.74, 6) is 0.719. The Hall–Kier alpha value is -14.2. The molecule has 2 N–H and O–H groups in total. The van der Waals surface area contributed by atoms with Crippen molar-refractivity contribution in [1.82, 2.24) is 39.6 Å². The Morgan fingerprint density at radius 2 is 0.607 bits per heavy atom. The van der Waals surface area contributed by atoms with Gasteiger partial charge in [0, 0.05) is 37.1 Å². The van der Waals surface area contributed by atoms with Gasteiger partial charge in [0.15, 0.2) is 22.9 Å². The van der Waals surface area contributed by atoms with E-state index in [9.17, 15) is 13.2 Å². The van der Waals surface area contributed by atoms with E-state index in [0.717, 1.165) is 16.7 Å². The van der Waals surface area contributed by atoms with E-state index in [0.29, 0.717) is 67.1 Å². The minimum absolute atomic E-state index is 0. The molecule has 0 aliphatic heterocycles. The minimum Gasteiger partial charge on any atom is -0.423 e.